The van der Waals surface area contributed by atoms with Gasteiger partial charge in [0, 0.05) is 63.2 Å². The predicted octanol–water partition coefficient (Wildman–Crippen LogP) is 4.34. The van der Waals surface area contributed by atoms with E-state index in [1.54, 1.807) is 11.3 Å². The number of piperazine rings is 1. The lowest BCUT2D eigenvalue weighted by atomic mass is 10.1. The number of rotatable bonds is 3. The van der Waals surface area contributed by atoms with Gasteiger partial charge in [-0.05, 0) is 25.0 Å². The van der Waals surface area contributed by atoms with E-state index in [1.807, 2.05) is 41.1 Å². The molecule has 0 atom stereocenters. The minimum Gasteiger partial charge on any atom is -0.475 e. The third-order valence-electron chi connectivity index (χ3n) is 6.46. The van der Waals surface area contributed by atoms with Crippen molar-refractivity contribution in [1.82, 2.24) is 19.8 Å². The Kier molecular flexibility index (Phi) is 8.67. The van der Waals surface area contributed by atoms with E-state index in [2.05, 4.69) is 22.4 Å². The molecule has 5 rings (SSSR count). The fourth-order valence-electron chi connectivity index (χ4n) is 4.28. The van der Waals surface area contributed by atoms with Crippen LogP contribution in [0.1, 0.15) is 12.8 Å². The van der Waals surface area contributed by atoms with E-state index >= 15 is 0 Å². The highest BCUT2D eigenvalue weighted by atomic mass is 32.1. The van der Waals surface area contributed by atoms with Gasteiger partial charge < -0.3 is 24.5 Å². The summed E-state index contributed by atoms with van der Waals surface area (Å²) >= 11 is 1.64. The van der Waals surface area contributed by atoms with Crippen LogP contribution in [0.3, 0.4) is 0 Å². The topological polar surface area (TPSA) is 99.1 Å². The zero-order chi connectivity index (χ0) is 27.3. The first kappa shape index (κ1) is 27.6. The minimum atomic E-state index is -5.08. The number of pyridine rings is 1. The van der Waals surface area contributed by atoms with Crippen molar-refractivity contribution in [3.63, 3.8) is 0 Å². The molecule has 0 saturated carbocycles. The molecule has 0 aliphatic carbocycles. The van der Waals surface area contributed by atoms with Gasteiger partial charge in [0.1, 0.15) is 5.69 Å². The van der Waals surface area contributed by atoms with E-state index in [1.165, 1.54) is 0 Å². The molecule has 3 aromatic rings. The minimum absolute atomic E-state index is 0.131. The zero-order valence-electron chi connectivity index (χ0n) is 20.7. The number of carbonyl (C=O) groups excluding carboxylic acids is 1. The van der Waals surface area contributed by atoms with Crippen molar-refractivity contribution in [1.29, 1.82) is 0 Å². The Balaban J connectivity index is 0.000000426. The van der Waals surface area contributed by atoms with Crippen molar-refractivity contribution in [3.05, 3.63) is 41.8 Å². The van der Waals surface area contributed by atoms with Gasteiger partial charge in [0.05, 0.1) is 11.2 Å². The molecule has 0 radical (unpaired) electrons. The molecule has 38 heavy (non-hydrogen) atoms. The Morgan fingerprint density at radius 1 is 1.03 bits per heavy atom. The molecule has 1 N–H and O–H groups in total. The molecule has 0 bridgehead atoms. The average molecular weight is 552 g/mol. The number of halogens is 3. The van der Waals surface area contributed by atoms with Crippen LogP contribution in [0.15, 0.2) is 41.8 Å². The second-order valence-corrected chi connectivity index (χ2v) is 9.76. The number of thiazole rings is 1. The highest BCUT2D eigenvalue weighted by Gasteiger charge is 2.38. The number of benzene rings is 1. The molecule has 13 heteroatoms. The van der Waals surface area contributed by atoms with Crippen molar-refractivity contribution in [2.24, 2.45) is 0 Å². The Morgan fingerprint density at radius 2 is 1.68 bits per heavy atom. The van der Waals surface area contributed by atoms with Crippen LogP contribution in [0, 0.1) is 0 Å². The number of carboxylic acids is 1. The van der Waals surface area contributed by atoms with Crippen molar-refractivity contribution >= 4 is 39.4 Å². The largest absolute Gasteiger partial charge is 0.490 e. The van der Waals surface area contributed by atoms with Crippen LogP contribution in [0.2, 0.25) is 0 Å². The molecule has 0 spiro atoms. The van der Waals surface area contributed by atoms with Crippen molar-refractivity contribution < 1.29 is 32.6 Å². The number of amides is 2. The lowest BCUT2D eigenvalue weighted by molar-refractivity contribution is -0.192. The second-order valence-electron chi connectivity index (χ2n) is 8.92. The average Bonchev–Trinajstić information content (AvgIpc) is 3.43. The third kappa shape index (κ3) is 6.70. The Labute approximate surface area is 221 Å². The van der Waals surface area contributed by atoms with Gasteiger partial charge in [-0.3, -0.25) is 0 Å². The first-order valence-corrected chi connectivity index (χ1v) is 13.0. The number of ether oxygens (including phenoxy) is 1. The Morgan fingerprint density at radius 3 is 2.34 bits per heavy atom. The summed E-state index contributed by atoms with van der Waals surface area (Å²) in [6.45, 7) is 4.52. The fourth-order valence-corrected chi connectivity index (χ4v) is 5.15. The maximum absolute atomic E-state index is 12.9. The van der Waals surface area contributed by atoms with E-state index < -0.39 is 12.1 Å². The number of alkyl halides is 3. The quantitative estimate of drug-likeness (QED) is 0.517. The van der Waals surface area contributed by atoms with Crippen LogP contribution in [0.4, 0.5) is 23.1 Å². The standard InChI is InChI=1S/C23H27N5O2S.C2HF3O2/c1-26(18-8-14-30-15-9-18)23(29)28-12-10-27(11-13-28)22-25-21(16-31-22)20-7-6-17-4-2-3-5-19(17)24-20;3-2(4,5)1(6)7/h2-7,16,18H,8-15H2,1H3;(H,6,7). The number of nitrogens with zero attached hydrogens (tertiary/aromatic N) is 5. The number of hydrogen-bond acceptors (Lipinski definition) is 7. The van der Waals surface area contributed by atoms with E-state index in [-0.39, 0.29) is 12.1 Å². The lowest BCUT2D eigenvalue weighted by Gasteiger charge is -2.39. The van der Waals surface area contributed by atoms with Crippen LogP contribution in [0.25, 0.3) is 22.3 Å². The molecule has 2 aliphatic heterocycles. The maximum atomic E-state index is 12.9. The van der Waals surface area contributed by atoms with Crippen LogP contribution in [0.5, 0.6) is 0 Å². The summed E-state index contributed by atoms with van der Waals surface area (Å²) < 4.78 is 37.2. The third-order valence-corrected chi connectivity index (χ3v) is 7.36. The number of carbonyl (C=O) groups is 2. The Bertz CT molecular complexity index is 1260. The molecule has 2 saturated heterocycles. The normalized spacial score (nSPS) is 16.6. The van der Waals surface area contributed by atoms with Crippen LogP contribution in [-0.2, 0) is 9.53 Å². The van der Waals surface area contributed by atoms with Crippen LogP contribution >= 0.6 is 11.3 Å². The zero-order valence-corrected chi connectivity index (χ0v) is 21.5. The molecule has 204 valence electrons. The first-order valence-electron chi connectivity index (χ1n) is 12.1. The van der Waals surface area contributed by atoms with Crippen molar-refractivity contribution in [3.8, 4) is 11.4 Å². The fraction of sp³-hybridized carbons (Fsp3) is 0.440. The van der Waals surface area contributed by atoms with Gasteiger partial charge in [-0.1, -0.05) is 24.3 Å². The summed E-state index contributed by atoms with van der Waals surface area (Å²) in [5.74, 6) is -2.76. The number of hydrogen-bond donors (Lipinski definition) is 1. The highest BCUT2D eigenvalue weighted by Crippen LogP contribution is 2.28. The smallest absolute Gasteiger partial charge is 0.475 e. The van der Waals surface area contributed by atoms with Gasteiger partial charge in [0.25, 0.3) is 0 Å². The molecule has 1 aromatic carbocycles. The van der Waals surface area contributed by atoms with E-state index in [4.69, 9.17) is 24.6 Å². The van der Waals surface area contributed by atoms with Crippen molar-refractivity contribution in [2.75, 3.05) is 51.3 Å². The molecular weight excluding hydrogens is 523 g/mol. The first-order chi connectivity index (χ1) is 18.1. The summed E-state index contributed by atoms with van der Waals surface area (Å²) in [5, 5.41) is 11.3. The van der Waals surface area contributed by atoms with Gasteiger partial charge in [-0.25, -0.2) is 19.6 Å². The summed E-state index contributed by atoms with van der Waals surface area (Å²) in [6.07, 6.45) is -3.24. The summed E-state index contributed by atoms with van der Waals surface area (Å²) in [4.78, 5) is 37.6. The van der Waals surface area contributed by atoms with Gasteiger partial charge >= 0.3 is 18.2 Å². The number of urea groups is 1. The van der Waals surface area contributed by atoms with E-state index in [9.17, 15) is 18.0 Å². The SMILES string of the molecule is CN(C(=O)N1CCN(c2nc(-c3ccc4ccccc4n3)cs2)CC1)C1CCOCC1.O=C(O)C(F)(F)F. The second kappa shape index (κ2) is 11.9. The number of carboxylic acid groups (broad SMARTS) is 1. The molecule has 4 heterocycles. The van der Waals surface area contributed by atoms with Gasteiger partial charge in [0.2, 0.25) is 0 Å². The highest BCUT2D eigenvalue weighted by molar-refractivity contribution is 7.14. The summed E-state index contributed by atoms with van der Waals surface area (Å²) in [6, 6.07) is 12.7. The maximum Gasteiger partial charge on any atom is 0.490 e. The van der Waals surface area contributed by atoms with Crippen LogP contribution < -0.4 is 4.90 Å². The molecule has 2 aromatic heterocycles. The molecule has 2 aliphatic rings. The predicted molar refractivity (Wildman–Crippen MR) is 137 cm³/mol. The van der Waals surface area contributed by atoms with Crippen molar-refractivity contribution in [2.45, 2.75) is 25.1 Å². The number of aliphatic carboxylic acids is 1. The van der Waals surface area contributed by atoms with Gasteiger partial charge in [0.15, 0.2) is 5.13 Å². The number of fused-ring (bicyclic) bond motifs is 1. The molecule has 0 unspecified atom stereocenters. The molecule has 9 nitrogen and oxygen atoms in total. The Hall–Kier alpha value is -3.45. The summed E-state index contributed by atoms with van der Waals surface area (Å²) in [5.41, 5.74) is 2.78. The summed E-state index contributed by atoms with van der Waals surface area (Å²) in [7, 11) is 1.92. The number of anilines is 1. The van der Waals surface area contributed by atoms with Crippen LogP contribution in [-0.4, -0.2) is 95.5 Å². The van der Waals surface area contributed by atoms with E-state index in [0.29, 0.717) is 0 Å². The molecular formula is C25H28F3N5O4S. The number of aromatic nitrogens is 2. The van der Waals surface area contributed by atoms with E-state index in [0.717, 1.165) is 79.7 Å². The van der Waals surface area contributed by atoms with Gasteiger partial charge in [-0.2, -0.15) is 13.2 Å². The lowest BCUT2D eigenvalue weighted by Crippen LogP contribution is -2.54. The molecule has 2 fully saturated rings. The number of para-hydroxylation sites is 1. The molecule has 2 amide bonds. The monoisotopic (exact) mass is 551 g/mol. The van der Waals surface area contributed by atoms with Gasteiger partial charge in [-0.15, -0.1) is 11.3 Å².